The minimum atomic E-state index is -3.89. The minimum Gasteiger partial charge on any atom is -0.286 e. The van der Waals surface area contributed by atoms with Crippen LogP contribution in [0.1, 0.15) is 34.1 Å². The van der Waals surface area contributed by atoms with Gasteiger partial charge in [0.25, 0.3) is 10.1 Å². The van der Waals surface area contributed by atoms with Gasteiger partial charge in [0, 0.05) is 0 Å². The smallest absolute Gasteiger partial charge is 0.265 e. The van der Waals surface area contributed by atoms with Gasteiger partial charge in [-0.2, -0.15) is 8.42 Å². The molecule has 1 unspecified atom stereocenters. The third-order valence-electron chi connectivity index (χ3n) is 3.47. The molecule has 0 bridgehead atoms. The van der Waals surface area contributed by atoms with Crippen molar-refractivity contribution in [3.63, 3.8) is 0 Å². The molecule has 3 nitrogen and oxygen atoms in total. The summed E-state index contributed by atoms with van der Waals surface area (Å²) in [5.41, 5.74) is 0. The van der Waals surface area contributed by atoms with Crippen LogP contribution in [0.25, 0.3) is 0 Å². The molecule has 1 atom stereocenters. The van der Waals surface area contributed by atoms with Gasteiger partial charge in [0.2, 0.25) is 0 Å². The summed E-state index contributed by atoms with van der Waals surface area (Å²) in [7, 11) is -5.90. The van der Waals surface area contributed by atoms with E-state index in [1.165, 1.54) is 0 Å². The first kappa shape index (κ1) is 14.1. The highest BCUT2D eigenvalue weighted by Gasteiger charge is 2.46. The normalized spacial score (nSPS) is 16.8. The quantitative estimate of drug-likeness (QED) is 0.607. The van der Waals surface area contributed by atoms with Gasteiger partial charge in [-0.05, 0) is 11.5 Å². The van der Waals surface area contributed by atoms with Crippen LogP contribution in [0.5, 0.6) is 0 Å². The van der Waals surface area contributed by atoms with Gasteiger partial charge in [-0.1, -0.05) is 40.8 Å². The molecule has 0 heterocycles. The Morgan fingerprint density at radius 2 is 1.64 bits per heavy atom. The Bertz CT molecular complexity index is 288. The van der Waals surface area contributed by atoms with E-state index in [0.29, 0.717) is 6.42 Å². The van der Waals surface area contributed by atoms with Crippen molar-refractivity contribution in [2.24, 2.45) is 0 Å². The van der Waals surface area contributed by atoms with Crippen LogP contribution in [0.2, 0.25) is 18.1 Å². The highest BCUT2D eigenvalue weighted by Crippen LogP contribution is 2.40. The van der Waals surface area contributed by atoms with Gasteiger partial charge in [-0.25, -0.2) is 0 Å². The molecular formula is C9H22O3SSi. The minimum absolute atomic E-state index is 0.0243. The topological polar surface area (TPSA) is 54.4 Å². The van der Waals surface area contributed by atoms with Crippen LogP contribution in [0, 0.1) is 0 Å². The molecule has 5 heteroatoms. The van der Waals surface area contributed by atoms with Gasteiger partial charge >= 0.3 is 0 Å². The summed E-state index contributed by atoms with van der Waals surface area (Å²) in [4.78, 5) is -0.560. The summed E-state index contributed by atoms with van der Waals surface area (Å²) < 4.78 is 31.7. The van der Waals surface area contributed by atoms with Crippen molar-refractivity contribution >= 4 is 18.2 Å². The van der Waals surface area contributed by atoms with E-state index >= 15 is 0 Å². The van der Waals surface area contributed by atoms with E-state index in [9.17, 15) is 13.0 Å². The lowest BCUT2D eigenvalue weighted by Gasteiger charge is -2.41. The second-order valence-corrected chi connectivity index (χ2v) is 13.0. The molecule has 0 aliphatic rings. The van der Waals surface area contributed by atoms with Gasteiger partial charge in [0.05, 0.1) is 12.9 Å². The highest BCUT2D eigenvalue weighted by atomic mass is 32.2. The van der Waals surface area contributed by atoms with E-state index in [1.54, 1.807) is 0 Å². The van der Waals surface area contributed by atoms with E-state index in [-0.39, 0.29) is 5.04 Å². The molecule has 0 spiro atoms. The molecule has 0 saturated carbocycles. The zero-order valence-corrected chi connectivity index (χ0v) is 11.8. The van der Waals surface area contributed by atoms with E-state index in [4.69, 9.17) is 0 Å². The summed E-state index contributed by atoms with van der Waals surface area (Å²) in [6.07, 6.45) is 0.495. The lowest BCUT2D eigenvalue weighted by molar-refractivity contribution is 0.474. The third kappa shape index (κ3) is 2.81. The lowest BCUT2D eigenvalue weighted by Crippen LogP contribution is -2.52. The maximum Gasteiger partial charge on any atom is 0.265 e. The SMILES string of the molecule is CCC([Si](C)(C)C(C)(C)C)S(=O)(=O)O. The summed E-state index contributed by atoms with van der Waals surface area (Å²) in [5, 5.41) is -0.0243. The lowest BCUT2D eigenvalue weighted by atomic mass is 10.2. The Labute approximate surface area is 88.7 Å². The van der Waals surface area contributed by atoms with Crippen LogP contribution in [-0.2, 0) is 10.1 Å². The Morgan fingerprint density at radius 3 is 1.71 bits per heavy atom. The van der Waals surface area contributed by atoms with Crippen LogP contribution < -0.4 is 0 Å². The van der Waals surface area contributed by atoms with Gasteiger partial charge in [0.1, 0.15) is 0 Å². The predicted molar refractivity (Wildman–Crippen MR) is 62.8 cm³/mol. The van der Waals surface area contributed by atoms with Gasteiger partial charge < -0.3 is 0 Å². The zero-order valence-electron chi connectivity index (χ0n) is 9.96. The van der Waals surface area contributed by atoms with Crippen LogP contribution in [-0.4, -0.2) is 25.9 Å². The maximum absolute atomic E-state index is 11.2. The average Bonchev–Trinajstić information content (AvgIpc) is 1.80. The van der Waals surface area contributed by atoms with E-state index in [2.05, 4.69) is 0 Å². The first-order valence-electron chi connectivity index (χ1n) is 4.91. The van der Waals surface area contributed by atoms with Crippen molar-refractivity contribution in [3.8, 4) is 0 Å². The molecule has 0 aliphatic heterocycles. The number of hydrogen-bond donors (Lipinski definition) is 1. The fraction of sp³-hybridized carbons (Fsp3) is 1.00. The Kier molecular flexibility index (Phi) is 3.98. The molecule has 0 aliphatic carbocycles. The van der Waals surface area contributed by atoms with Crippen LogP contribution in [0.3, 0.4) is 0 Å². The first-order chi connectivity index (χ1) is 5.94. The van der Waals surface area contributed by atoms with Crippen molar-refractivity contribution in [1.82, 2.24) is 0 Å². The Balaban J connectivity index is 5.26. The highest BCUT2D eigenvalue weighted by molar-refractivity contribution is 7.88. The van der Waals surface area contributed by atoms with Crippen LogP contribution in [0.15, 0.2) is 0 Å². The third-order valence-corrected chi connectivity index (χ3v) is 13.1. The molecule has 86 valence electrons. The standard InChI is InChI=1S/C9H22O3SSi/c1-7-8(13(10,11)12)14(5,6)9(2,3)4/h8H,7H2,1-6H3,(H,10,11,12). The summed E-state index contributed by atoms with van der Waals surface area (Å²) in [6, 6.07) is 0. The van der Waals surface area contributed by atoms with Crippen molar-refractivity contribution in [2.75, 3.05) is 0 Å². The average molecular weight is 238 g/mol. The van der Waals surface area contributed by atoms with Crippen molar-refractivity contribution in [3.05, 3.63) is 0 Å². The van der Waals surface area contributed by atoms with E-state index in [1.807, 2.05) is 40.8 Å². The fourth-order valence-electron chi connectivity index (χ4n) is 1.58. The van der Waals surface area contributed by atoms with Crippen molar-refractivity contribution in [1.29, 1.82) is 0 Å². The molecule has 0 radical (unpaired) electrons. The number of hydrogen-bond acceptors (Lipinski definition) is 2. The summed E-state index contributed by atoms with van der Waals surface area (Å²) >= 11 is 0. The maximum atomic E-state index is 11.2. The molecule has 0 aromatic heterocycles. The molecule has 1 N–H and O–H groups in total. The number of rotatable bonds is 3. The second-order valence-electron chi connectivity index (χ2n) is 5.38. The summed E-state index contributed by atoms with van der Waals surface area (Å²) in [6.45, 7) is 12.0. The molecule has 0 rings (SSSR count). The Morgan fingerprint density at radius 1 is 1.29 bits per heavy atom. The molecule has 0 saturated heterocycles. The van der Waals surface area contributed by atoms with Gasteiger partial charge in [-0.15, -0.1) is 0 Å². The largest absolute Gasteiger partial charge is 0.286 e. The monoisotopic (exact) mass is 238 g/mol. The predicted octanol–water partition coefficient (Wildman–Crippen LogP) is 2.70. The van der Waals surface area contributed by atoms with Crippen LogP contribution >= 0.6 is 0 Å². The summed E-state index contributed by atoms with van der Waals surface area (Å²) in [5.74, 6) is 0. The molecule has 0 aromatic carbocycles. The molecule has 0 amide bonds. The van der Waals surface area contributed by atoms with Crippen LogP contribution in [0.4, 0.5) is 0 Å². The molecule has 0 fully saturated rings. The molecule has 0 aromatic rings. The first-order valence-corrected chi connectivity index (χ1v) is 9.49. The van der Waals surface area contributed by atoms with E-state index in [0.717, 1.165) is 0 Å². The van der Waals surface area contributed by atoms with Crippen molar-refractivity contribution in [2.45, 2.75) is 57.1 Å². The van der Waals surface area contributed by atoms with E-state index < -0.39 is 23.1 Å². The van der Waals surface area contributed by atoms with Crippen molar-refractivity contribution < 1.29 is 13.0 Å². The fourth-order valence-corrected chi connectivity index (χ4v) is 8.02. The molecular weight excluding hydrogens is 216 g/mol. The zero-order chi connectivity index (χ0) is 11.8. The van der Waals surface area contributed by atoms with Gasteiger partial charge in [-0.3, -0.25) is 4.55 Å². The molecule has 14 heavy (non-hydrogen) atoms. The second kappa shape index (κ2) is 3.94. The van der Waals surface area contributed by atoms with Gasteiger partial charge in [0.15, 0.2) is 0 Å². The Hall–Kier alpha value is 0.127.